The van der Waals surface area contributed by atoms with E-state index in [1.54, 1.807) is 0 Å². The third-order valence-corrected chi connectivity index (χ3v) is 2.99. The van der Waals surface area contributed by atoms with E-state index in [-0.39, 0.29) is 6.10 Å². The zero-order valence-electron chi connectivity index (χ0n) is 11.1. The lowest BCUT2D eigenvalue weighted by molar-refractivity contribution is 0.138. The molecule has 0 spiro atoms. The van der Waals surface area contributed by atoms with Crippen molar-refractivity contribution >= 4 is 5.69 Å². The molecular weight excluding hydrogens is 212 g/mol. The van der Waals surface area contributed by atoms with E-state index in [0.29, 0.717) is 6.04 Å². The van der Waals surface area contributed by atoms with Crippen LogP contribution in [0.1, 0.15) is 32.8 Å². The number of benzene rings is 1. The fourth-order valence-corrected chi connectivity index (χ4v) is 1.77. The molecular formula is C14H24N2O. The molecule has 0 aliphatic heterocycles. The maximum Gasteiger partial charge on any atom is 0.0524 e. The lowest BCUT2D eigenvalue weighted by Gasteiger charge is -2.27. The molecule has 1 atom stereocenters. The third kappa shape index (κ3) is 4.75. The molecule has 1 aromatic rings. The van der Waals surface area contributed by atoms with Crippen molar-refractivity contribution in [3.05, 3.63) is 29.8 Å². The highest BCUT2D eigenvalue weighted by atomic mass is 16.3. The van der Waals surface area contributed by atoms with Gasteiger partial charge in [-0.1, -0.05) is 18.2 Å². The number of rotatable bonds is 6. The number of aliphatic hydroxyl groups is 1. The van der Waals surface area contributed by atoms with Crippen LogP contribution in [0.2, 0.25) is 0 Å². The summed E-state index contributed by atoms with van der Waals surface area (Å²) in [6, 6.07) is 8.41. The van der Waals surface area contributed by atoms with Crippen LogP contribution in [0, 0.1) is 0 Å². The lowest BCUT2D eigenvalue weighted by Crippen LogP contribution is -2.33. The van der Waals surface area contributed by atoms with Gasteiger partial charge in [0.1, 0.15) is 0 Å². The Morgan fingerprint density at radius 3 is 2.41 bits per heavy atom. The van der Waals surface area contributed by atoms with Crippen LogP contribution in [0.25, 0.3) is 0 Å². The SMILES string of the molecule is CC(O)CCN(Cc1ccccc1N)C(C)C. The molecule has 0 saturated carbocycles. The number of hydrogen-bond donors (Lipinski definition) is 2. The fourth-order valence-electron chi connectivity index (χ4n) is 1.77. The summed E-state index contributed by atoms with van der Waals surface area (Å²) >= 11 is 0. The molecule has 1 rings (SSSR count). The van der Waals surface area contributed by atoms with Gasteiger partial charge >= 0.3 is 0 Å². The molecule has 1 aromatic carbocycles. The maximum absolute atomic E-state index is 9.35. The summed E-state index contributed by atoms with van der Waals surface area (Å²) in [6.45, 7) is 7.90. The van der Waals surface area contributed by atoms with E-state index < -0.39 is 0 Å². The largest absolute Gasteiger partial charge is 0.398 e. The van der Waals surface area contributed by atoms with Crippen molar-refractivity contribution in [1.29, 1.82) is 0 Å². The first-order valence-corrected chi connectivity index (χ1v) is 6.26. The average molecular weight is 236 g/mol. The van der Waals surface area contributed by atoms with Gasteiger partial charge in [-0.3, -0.25) is 4.90 Å². The van der Waals surface area contributed by atoms with Gasteiger partial charge in [-0.15, -0.1) is 0 Å². The predicted molar refractivity (Wildman–Crippen MR) is 72.7 cm³/mol. The van der Waals surface area contributed by atoms with Crippen LogP contribution in [-0.2, 0) is 6.54 Å². The smallest absolute Gasteiger partial charge is 0.0524 e. The molecule has 0 bridgehead atoms. The molecule has 3 nitrogen and oxygen atoms in total. The second-order valence-electron chi connectivity index (χ2n) is 4.90. The Hall–Kier alpha value is -1.06. The Bertz CT molecular complexity index is 337. The second kappa shape index (κ2) is 6.62. The van der Waals surface area contributed by atoms with Crippen LogP contribution in [0.4, 0.5) is 5.69 Å². The number of nitrogens with zero attached hydrogens (tertiary/aromatic N) is 1. The highest BCUT2D eigenvalue weighted by Crippen LogP contribution is 2.15. The number of nitrogen functional groups attached to an aromatic ring is 1. The molecule has 0 fully saturated rings. The number of anilines is 1. The Kier molecular flexibility index (Phi) is 5.45. The van der Waals surface area contributed by atoms with E-state index >= 15 is 0 Å². The molecule has 0 aliphatic carbocycles. The molecule has 0 saturated heterocycles. The van der Waals surface area contributed by atoms with Crippen LogP contribution in [0.15, 0.2) is 24.3 Å². The molecule has 1 unspecified atom stereocenters. The van der Waals surface area contributed by atoms with Gasteiger partial charge in [0, 0.05) is 24.8 Å². The molecule has 3 heteroatoms. The van der Waals surface area contributed by atoms with Gasteiger partial charge in [0.25, 0.3) is 0 Å². The summed E-state index contributed by atoms with van der Waals surface area (Å²) < 4.78 is 0. The minimum Gasteiger partial charge on any atom is -0.398 e. The number of aliphatic hydroxyl groups excluding tert-OH is 1. The van der Waals surface area contributed by atoms with Crippen molar-refractivity contribution in [1.82, 2.24) is 4.90 Å². The Morgan fingerprint density at radius 2 is 1.88 bits per heavy atom. The third-order valence-electron chi connectivity index (χ3n) is 2.99. The standard InChI is InChI=1S/C14H24N2O/c1-11(2)16(9-8-12(3)17)10-13-6-4-5-7-14(13)15/h4-7,11-12,17H,8-10,15H2,1-3H3. The topological polar surface area (TPSA) is 49.5 Å². The quantitative estimate of drug-likeness (QED) is 0.745. The first kappa shape index (κ1) is 14.0. The van der Waals surface area contributed by atoms with E-state index in [1.807, 2.05) is 25.1 Å². The first-order valence-electron chi connectivity index (χ1n) is 6.26. The van der Waals surface area contributed by atoms with Crippen molar-refractivity contribution in [3.8, 4) is 0 Å². The summed E-state index contributed by atoms with van der Waals surface area (Å²) in [6.07, 6.45) is 0.551. The normalized spacial score (nSPS) is 13.3. The molecule has 0 heterocycles. The maximum atomic E-state index is 9.35. The molecule has 0 radical (unpaired) electrons. The molecule has 96 valence electrons. The van der Waals surface area contributed by atoms with Gasteiger partial charge in [0.2, 0.25) is 0 Å². The van der Waals surface area contributed by atoms with Gasteiger partial charge in [0.15, 0.2) is 0 Å². The second-order valence-corrected chi connectivity index (χ2v) is 4.90. The highest BCUT2D eigenvalue weighted by Gasteiger charge is 2.12. The van der Waals surface area contributed by atoms with E-state index in [4.69, 9.17) is 5.73 Å². The van der Waals surface area contributed by atoms with Crippen LogP contribution in [0.5, 0.6) is 0 Å². The number of hydrogen-bond acceptors (Lipinski definition) is 3. The van der Waals surface area contributed by atoms with Crippen molar-refractivity contribution in [2.75, 3.05) is 12.3 Å². The summed E-state index contributed by atoms with van der Waals surface area (Å²) in [5.41, 5.74) is 7.95. The van der Waals surface area contributed by atoms with Crippen LogP contribution in [0.3, 0.4) is 0 Å². The first-order chi connectivity index (χ1) is 8.00. The number of para-hydroxylation sites is 1. The van der Waals surface area contributed by atoms with Crippen LogP contribution < -0.4 is 5.73 Å². The van der Waals surface area contributed by atoms with E-state index in [9.17, 15) is 5.11 Å². The van der Waals surface area contributed by atoms with Crippen molar-refractivity contribution in [2.24, 2.45) is 0 Å². The summed E-state index contributed by atoms with van der Waals surface area (Å²) in [7, 11) is 0. The minimum absolute atomic E-state index is 0.246. The molecule has 0 aliphatic rings. The molecule has 17 heavy (non-hydrogen) atoms. The zero-order chi connectivity index (χ0) is 12.8. The molecule has 3 N–H and O–H groups in total. The zero-order valence-corrected chi connectivity index (χ0v) is 11.1. The van der Waals surface area contributed by atoms with Gasteiger partial charge in [-0.2, -0.15) is 0 Å². The van der Waals surface area contributed by atoms with E-state index in [1.165, 1.54) is 0 Å². The Labute approximate surface area is 104 Å². The predicted octanol–water partition coefficient (Wildman–Crippen LogP) is 2.25. The average Bonchev–Trinajstić information content (AvgIpc) is 2.25. The lowest BCUT2D eigenvalue weighted by atomic mass is 10.1. The van der Waals surface area contributed by atoms with Crippen LogP contribution >= 0.6 is 0 Å². The van der Waals surface area contributed by atoms with Crippen molar-refractivity contribution in [3.63, 3.8) is 0 Å². The van der Waals surface area contributed by atoms with Gasteiger partial charge in [-0.05, 0) is 38.8 Å². The minimum atomic E-state index is -0.246. The highest BCUT2D eigenvalue weighted by molar-refractivity contribution is 5.46. The summed E-state index contributed by atoms with van der Waals surface area (Å²) in [4.78, 5) is 2.33. The number of nitrogens with two attached hydrogens (primary N) is 1. The van der Waals surface area contributed by atoms with Crippen molar-refractivity contribution < 1.29 is 5.11 Å². The van der Waals surface area contributed by atoms with E-state index in [2.05, 4.69) is 24.8 Å². The van der Waals surface area contributed by atoms with E-state index in [0.717, 1.165) is 30.8 Å². The fraction of sp³-hybridized carbons (Fsp3) is 0.571. The summed E-state index contributed by atoms with van der Waals surface area (Å²) in [5.74, 6) is 0. The van der Waals surface area contributed by atoms with Gasteiger partial charge in [-0.25, -0.2) is 0 Å². The van der Waals surface area contributed by atoms with Crippen LogP contribution in [-0.4, -0.2) is 28.7 Å². The monoisotopic (exact) mass is 236 g/mol. The van der Waals surface area contributed by atoms with Gasteiger partial charge in [0.05, 0.1) is 6.10 Å². The Balaban J connectivity index is 2.64. The molecule has 0 amide bonds. The van der Waals surface area contributed by atoms with Gasteiger partial charge < -0.3 is 10.8 Å². The van der Waals surface area contributed by atoms with Crippen molar-refractivity contribution in [2.45, 2.75) is 45.9 Å². The molecule has 0 aromatic heterocycles. The summed E-state index contributed by atoms with van der Waals surface area (Å²) in [5, 5.41) is 9.35. The Morgan fingerprint density at radius 1 is 1.24 bits per heavy atom.